The number of nitrogens with zero attached hydrogens (tertiary/aromatic N) is 1. The molecule has 1 aromatic rings. The van der Waals surface area contributed by atoms with Gasteiger partial charge in [0, 0.05) is 19.7 Å². The summed E-state index contributed by atoms with van der Waals surface area (Å²) in [5.41, 5.74) is 2.21. The van der Waals surface area contributed by atoms with Gasteiger partial charge in [-0.15, -0.1) is 0 Å². The second kappa shape index (κ2) is 7.35. The molecule has 1 unspecified atom stereocenters. The zero-order chi connectivity index (χ0) is 16.2. The predicted octanol–water partition coefficient (Wildman–Crippen LogP) is 1.84. The van der Waals surface area contributed by atoms with E-state index in [-0.39, 0.29) is 17.5 Å². The van der Waals surface area contributed by atoms with Crippen molar-refractivity contribution in [1.29, 1.82) is 0 Å². The van der Waals surface area contributed by atoms with E-state index in [1.807, 2.05) is 13.8 Å². The van der Waals surface area contributed by atoms with Crippen molar-refractivity contribution in [3.05, 3.63) is 28.8 Å². The first-order valence-corrected chi connectivity index (χ1v) is 8.45. The number of rotatable bonds is 7. The molecule has 0 spiro atoms. The molecule has 0 bridgehead atoms. The van der Waals surface area contributed by atoms with E-state index in [0.717, 1.165) is 5.56 Å². The van der Waals surface area contributed by atoms with E-state index >= 15 is 0 Å². The third-order valence-corrected chi connectivity index (χ3v) is 5.83. The first-order valence-electron chi connectivity index (χ1n) is 7.01. The minimum atomic E-state index is -3.61. The Balaban J connectivity index is 3.35. The summed E-state index contributed by atoms with van der Waals surface area (Å²) < 4.78 is 32.2. The van der Waals surface area contributed by atoms with Crippen LogP contribution in [0.5, 0.6) is 0 Å². The number of aliphatic hydroxyl groups excluding tert-OH is 1. The lowest BCUT2D eigenvalue weighted by Gasteiger charge is -2.27. The summed E-state index contributed by atoms with van der Waals surface area (Å²) in [4.78, 5) is 0.252. The number of methoxy groups -OCH3 is 1. The SMILES string of the molecule is CCN(C(C)COC)S(=O)(=O)c1cc(CO)c(C)cc1C. The number of likely N-dealkylation sites (N-methyl/N-ethyl adjacent to an activating group) is 1. The van der Waals surface area contributed by atoms with E-state index in [2.05, 4.69) is 0 Å². The van der Waals surface area contributed by atoms with Gasteiger partial charge in [-0.2, -0.15) is 4.31 Å². The normalized spacial score (nSPS) is 13.7. The van der Waals surface area contributed by atoms with Gasteiger partial charge >= 0.3 is 0 Å². The highest BCUT2D eigenvalue weighted by Crippen LogP contribution is 2.25. The molecule has 0 fully saturated rings. The van der Waals surface area contributed by atoms with Gasteiger partial charge in [0.15, 0.2) is 0 Å². The fourth-order valence-electron chi connectivity index (χ4n) is 2.49. The van der Waals surface area contributed by atoms with Crippen LogP contribution in [-0.4, -0.2) is 44.1 Å². The first kappa shape index (κ1) is 18.1. The lowest BCUT2D eigenvalue weighted by molar-refractivity contribution is 0.142. The molecule has 5 nitrogen and oxygen atoms in total. The highest BCUT2D eigenvalue weighted by molar-refractivity contribution is 7.89. The molecule has 0 aromatic heterocycles. The van der Waals surface area contributed by atoms with Crippen molar-refractivity contribution in [2.75, 3.05) is 20.3 Å². The van der Waals surface area contributed by atoms with Gasteiger partial charge in [-0.3, -0.25) is 0 Å². The monoisotopic (exact) mass is 315 g/mol. The Bertz CT molecular complexity index is 584. The number of sulfonamides is 1. The molecule has 0 heterocycles. The third kappa shape index (κ3) is 3.83. The molecular formula is C15H25NO4S. The van der Waals surface area contributed by atoms with Crippen LogP contribution in [0.4, 0.5) is 0 Å². The minimum absolute atomic E-state index is 0.172. The van der Waals surface area contributed by atoms with Crippen LogP contribution in [0.1, 0.15) is 30.5 Å². The number of aliphatic hydroxyl groups is 1. The topological polar surface area (TPSA) is 66.8 Å². The van der Waals surface area contributed by atoms with Gasteiger partial charge in [-0.05, 0) is 43.5 Å². The van der Waals surface area contributed by atoms with Crippen molar-refractivity contribution in [3.63, 3.8) is 0 Å². The minimum Gasteiger partial charge on any atom is -0.392 e. The Morgan fingerprint density at radius 1 is 1.29 bits per heavy atom. The van der Waals surface area contributed by atoms with Crippen LogP contribution in [0.15, 0.2) is 17.0 Å². The summed E-state index contributed by atoms with van der Waals surface area (Å²) in [6, 6.07) is 3.12. The summed E-state index contributed by atoms with van der Waals surface area (Å²) in [7, 11) is -2.06. The lowest BCUT2D eigenvalue weighted by atomic mass is 10.1. The van der Waals surface area contributed by atoms with E-state index in [4.69, 9.17) is 4.74 Å². The number of aryl methyl sites for hydroxylation is 2. The van der Waals surface area contributed by atoms with Gasteiger partial charge in [0.25, 0.3) is 0 Å². The van der Waals surface area contributed by atoms with Crippen LogP contribution in [0.25, 0.3) is 0 Å². The van der Waals surface area contributed by atoms with Gasteiger partial charge in [0.1, 0.15) is 0 Å². The zero-order valence-corrected chi connectivity index (χ0v) is 14.2. The number of hydrogen-bond donors (Lipinski definition) is 1. The highest BCUT2D eigenvalue weighted by Gasteiger charge is 2.29. The second-order valence-electron chi connectivity index (χ2n) is 5.22. The quantitative estimate of drug-likeness (QED) is 0.834. The second-order valence-corrected chi connectivity index (χ2v) is 7.07. The molecule has 1 N–H and O–H groups in total. The summed E-state index contributed by atoms with van der Waals surface area (Å²) in [6.45, 7) is 7.80. The smallest absolute Gasteiger partial charge is 0.243 e. The highest BCUT2D eigenvalue weighted by atomic mass is 32.2. The van der Waals surface area contributed by atoms with Crippen molar-refractivity contribution in [1.82, 2.24) is 4.31 Å². The fraction of sp³-hybridized carbons (Fsp3) is 0.600. The van der Waals surface area contributed by atoms with Crippen molar-refractivity contribution in [2.45, 2.75) is 45.2 Å². The molecule has 0 saturated heterocycles. The molecule has 120 valence electrons. The van der Waals surface area contributed by atoms with Crippen LogP contribution in [0.2, 0.25) is 0 Å². The van der Waals surface area contributed by atoms with Crippen LogP contribution in [-0.2, 0) is 21.4 Å². The van der Waals surface area contributed by atoms with E-state index in [1.54, 1.807) is 33.1 Å². The Kier molecular flexibility index (Phi) is 6.34. The fourth-order valence-corrected chi connectivity index (χ4v) is 4.38. The average Bonchev–Trinajstić information content (AvgIpc) is 2.39. The number of ether oxygens (including phenoxy) is 1. The predicted molar refractivity (Wildman–Crippen MR) is 82.7 cm³/mol. The Labute approximate surface area is 127 Å². The third-order valence-electron chi connectivity index (χ3n) is 3.60. The standard InChI is InChI=1S/C15H25NO4S/c1-6-16(13(4)10-20-5)21(18,19)15-8-14(9-17)11(2)7-12(15)3/h7-8,13,17H,6,9-10H2,1-5H3. The van der Waals surface area contributed by atoms with E-state index in [9.17, 15) is 13.5 Å². The van der Waals surface area contributed by atoms with Crippen molar-refractivity contribution in [3.8, 4) is 0 Å². The number of benzene rings is 1. The summed E-state index contributed by atoms with van der Waals surface area (Å²) in [5, 5.41) is 9.36. The Hall–Kier alpha value is -0.950. The van der Waals surface area contributed by atoms with Gasteiger partial charge in [0.05, 0.1) is 18.1 Å². The molecular weight excluding hydrogens is 290 g/mol. The van der Waals surface area contributed by atoms with Crippen LogP contribution in [0, 0.1) is 13.8 Å². The van der Waals surface area contributed by atoms with Gasteiger partial charge in [-0.1, -0.05) is 13.0 Å². The van der Waals surface area contributed by atoms with Crippen molar-refractivity contribution in [2.24, 2.45) is 0 Å². The molecule has 1 rings (SSSR count). The van der Waals surface area contributed by atoms with E-state index in [0.29, 0.717) is 24.3 Å². The Morgan fingerprint density at radius 2 is 1.90 bits per heavy atom. The first-order chi connectivity index (χ1) is 9.79. The van der Waals surface area contributed by atoms with Crippen molar-refractivity contribution < 1.29 is 18.3 Å². The molecule has 6 heteroatoms. The molecule has 0 amide bonds. The maximum absolute atomic E-state index is 12.9. The van der Waals surface area contributed by atoms with E-state index < -0.39 is 10.0 Å². The lowest BCUT2D eigenvalue weighted by Crippen LogP contribution is -2.41. The molecule has 0 saturated carbocycles. The molecule has 1 aromatic carbocycles. The van der Waals surface area contributed by atoms with Gasteiger partial charge < -0.3 is 9.84 Å². The van der Waals surface area contributed by atoms with E-state index in [1.165, 1.54) is 4.31 Å². The van der Waals surface area contributed by atoms with Crippen molar-refractivity contribution >= 4 is 10.0 Å². The van der Waals surface area contributed by atoms with Crippen LogP contribution < -0.4 is 0 Å². The van der Waals surface area contributed by atoms with Crippen LogP contribution >= 0.6 is 0 Å². The van der Waals surface area contributed by atoms with Gasteiger partial charge in [-0.25, -0.2) is 8.42 Å². The number of hydrogen-bond acceptors (Lipinski definition) is 4. The summed E-state index contributed by atoms with van der Waals surface area (Å²) in [5.74, 6) is 0. The molecule has 0 radical (unpaired) electrons. The maximum Gasteiger partial charge on any atom is 0.243 e. The molecule has 0 aliphatic heterocycles. The molecule has 21 heavy (non-hydrogen) atoms. The largest absolute Gasteiger partial charge is 0.392 e. The Morgan fingerprint density at radius 3 is 2.38 bits per heavy atom. The van der Waals surface area contributed by atoms with Crippen LogP contribution in [0.3, 0.4) is 0 Å². The molecule has 0 aliphatic carbocycles. The average molecular weight is 315 g/mol. The molecule has 1 atom stereocenters. The van der Waals surface area contributed by atoms with Gasteiger partial charge in [0.2, 0.25) is 10.0 Å². The summed E-state index contributed by atoms with van der Waals surface area (Å²) in [6.07, 6.45) is 0. The summed E-state index contributed by atoms with van der Waals surface area (Å²) >= 11 is 0. The zero-order valence-electron chi connectivity index (χ0n) is 13.4. The maximum atomic E-state index is 12.9. The molecule has 0 aliphatic rings.